The summed E-state index contributed by atoms with van der Waals surface area (Å²) in [5.41, 5.74) is 3.79. The SMILES string of the molecule is O=C(CCCCN1CCCCC1)Nc1cccc(-c2n[nH]c(=O)c3c2NCCC3)c1. The van der Waals surface area contributed by atoms with E-state index in [-0.39, 0.29) is 11.5 Å². The highest BCUT2D eigenvalue weighted by Gasteiger charge is 2.19. The van der Waals surface area contributed by atoms with Crippen molar-refractivity contribution in [2.24, 2.45) is 0 Å². The van der Waals surface area contributed by atoms with E-state index < -0.39 is 0 Å². The highest BCUT2D eigenvalue weighted by atomic mass is 16.1. The molecule has 3 heterocycles. The first kappa shape index (κ1) is 20.6. The Morgan fingerprint density at radius 2 is 2.00 bits per heavy atom. The fourth-order valence-electron chi connectivity index (χ4n) is 4.37. The summed E-state index contributed by atoms with van der Waals surface area (Å²) in [5, 5.41) is 13.2. The zero-order valence-electron chi connectivity index (χ0n) is 17.5. The van der Waals surface area contributed by atoms with Crippen LogP contribution < -0.4 is 16.2 Å². The van der Waals surface area contributed by atoms with Crippen molar-refractivity contribution in [2.45, 2.75) is 51.4 Å². The maximum Gasteiger partial charge on any atom is 0.269 e. The average Bonchev–Trinajstić information content (AvgIpc) is 2.78. The Morgan fingerprint density at radius 1 is 1.13 bits per heavy atom. The Labute approximate surface area is 177 Å². The largest absolute Gasteiger partial charge is 0.383 e. The Morgan fingerprint density at radius 3 is 2.87 bits per heavy atom. The fraction of sp³-hybridized carbons (Fsp3) is 0.522. The van der Waals surface area contributed by atoms with Gasteiger partial charge < -0.3 is 15.5 Å². The van der Waals surface area contributed by atoms with E-state index in [1.807, 2.05) is 24.3 Å². The van der Waals surface area contributed by atoms with Gasteiger partial charge in [-0.3, -0.25) is 9.59 Å². The van der Waals surface area contributed by atoms with Crippen molar-refractivity contribution in [3.05, 3.63) is 40.2 Å². The Kier molecular flexibility index (Phi) is 6.79. The second-order valence-electron chi connectivity index (χ2n) is 8.27. The standard InChI is InChI=1S/C23H31N5O2/c29-20(11-2-5-15-28-13-3-1-4-14-28)25-18-9-6-8-17(16-18)21-22-19(10-7-12-24-22)23(30)27-26-21/h6,8-9,16,24H,1-5,7,10-15H2,(H,25,29)(H,27,30). The summed E-state index contributed by atoms with van der Waals surface area (Å²) in [6.45, 7) is 4.34. The maximum atomic E-state index is 12.4. The molecule has 3 N–H and O–H groups in total. The number of H-pyrrole nitrogens is 1. The molecule has 0 saturated carbocycles. The van der Waals surface area contributed by atoms with Crippen LogP contribution in [-0.2, 0) is 11.2 Å². The van der Waals surface area contributed by atoms with Crippen molar-refractivity contribution in [2.75, 3.05) is 36.8 Å². The molecule has 0 aliphatic carbocycles. The number of hydrogen-bond donors (Lipinski definition) is 3. The molecular formula is C23H31N5O2. The van der Waals surface area contributed by atoms with Crippen LogP contribution in [-0.4, -0.2) is 47.2 Å². The monoisotopic (exact) mass is 409 g/mol. The smallest absolute Gasteiger partial charge is 0.269 e. The van der Waals surface area contributed by atoms with Crippen LogP contribution in [0.2, 0.25) is 0 Å². The number of amides is 1. The fourth-order valence-corrected chi connectivity index (χ4v) is 4.37. The van der Waals surface area contributed by atoms with Gasteiger partial charge in [-0.1, -0.05) is 18.6 Å². The summed E-state index contributed by atoms with van der Waals surface area (Å²) in [6.07, 6.45) is 8.15. The highest BCUT2D eigenvalue weighted by molar-refractivity contribution is 5.91. The molecule has 1 aromatic carbocycles. The molecule has 0 bridgehead atoms. The van der Waals surface area contributed by atoms with Gasteiger partial charge in [-0.05, 0) is 70.3 Å². The number of hydrogen-bond acceptors (Lipinski definition) is 5. The number of carbonyl (C=O) groups excluding carboxylic acids is 1. The molecule has 4 rings (SSSR count). The van der Waals surface area contributed by atoms with Crippen LogP contribution in [0, 0.1) is 0 Å². The van der Waals surface area contributed by atoms with Gasteiger partial charge in [-0.2, -0.15) is 5.10 Å². The van der Waals surface area contributed by atoms with Crippen molar-refractivity contribution >= 4 is 17.3 Å². The van der Waals surface area contributed by atoms with Crippen LogP contribution in [0.25, 0.3) is 11.3 Å². The van der Waals surface area contributed by atoms with Gasteiger partial charge in [0.25, 0.3) is 5.56 Å². The molecule has 160 valence electrons. The number of piperidine rings is 1. The van der Waals surface area contributed by atoms with Gasteiger partial charge in [0, 0.05) is 29.8 Å². The first-order chi connectivity index (χ1) is 14.7. The van der Waals surface area contributed by atoms with Crippen LogP contribution >= 0.6 is 0 Å². The van der Waals surface area contributed by atoms with Crippen LogP contribution in [0.4, 0.5) is 11.4 Å². The van der Waals surface area contributed by atoms with Gasteiger partial charge in [0.1, 0.15) is 5.69 Å². The Bertz CT molecular complexity index is 933. The van der Waals surface area contributed by atoms with Crippen molar-refractivity contribution < 1.29 is 4.79 Å². The van der Waals surface area contributed by atoms with Crippen molar-refractivity contribution in [1.29, 1.82) is 0 Å². The number of nitrogens with one attached hydrogen (secondary N) is 3. The lowest BCUT2D eigenvalue weighted by atomic mass is 10.0. The molecule has 0 atom stereocenters. The third kappa shape index (κ3) is 5.08. The number of anilines is 2. The number of aromatic nitrogens is 2. The van der Waals surface area contributed by atoms with Gasteiger partial charge in [-0.25, -0.2) is 5.10 Å². The molecule has 1 fully saturated rings. The van der Waals surface area contributed by atoms with Crippen LogP contribution in [0.5, 0.6) is 0 Å². The summed E-state index contributed by atoms with van der Waals surface area (Å²) in [5.74, 6) is 0.0420. The minimum absolute atomic E-state index is 0.0420. The number of benzene rings is 1. The summed E-state index contributed by atoms with van der Waals surface area (Å²) in [6, 6.07) is 7.67. The van der Waals surface area contributed by atoms with Crippen molar-refractivity contribution in [1.82, 2.24) is 15.1 Å². The molecule has 0 radical (unpaired) electrons. The van der Waals surface area contributed by atoms with E-state index in [2.05, 4.69) is 25.7 Å². The van der Waals surface area contributed by atoms with Gasteiger partial charge in [0.2, 0.25) is 5.91 Å². The van der Waals surface area contributed by atoms with Gasteiger partial charge in [0.05, 0.1) is 5.69 Å². The number of fused-ring (bicyclic) bond motifs is 1. The molecule has 7 heteroatoms. The molecule has 0 unspecified atom stereocenters. The number of rotatable bonds is 7. The topological polar surface area (TPSA) is 90.1 Å². The number of likely N-dealkylation sites (tertiary alicyclic amines) is 1. The summed E-state index contributed by atoms with van der Waals surface area (Å²) < 4.78 is 0. The molecule has 7 nitrogen and oxygen atoms in total. The van der Waals surface area contributed by atoms with E-state index >= 15 is 0 Å². The van der Waals surface area contributed by atoms with Crippen LogP contribution in [0.15, 0.2) is 29.1 Å². The number of aromatic amines is 1. The zero-order valence-corrected chi connectivity index (χ0v) is 17.5. The minimum Gasteiger partial charge on any atom is -0.383 e. The average molecular weight is 410 g/mol. The second kappa shape index (κ2) is 9.89. The number of nitrogens with zero attached hydrogens (tertiary/aromatic N) is 2. The highest BCUT2D eigenvalue weighted by Crippen LogP contribution is 2.31. The first-order valence-electron chi connectivity index (χ1n) is 11.2. The first-order valence-corrected chi connectivity index (χ1v) is 11.2. The molecule has 2 aromatic rings. The predicted molar refractivity (Wildman–Crippen MR) is 120 cm³/mol. The van der Waals surface area contributed by atoms with E-state index in [9.17, 15) is 9.59 Å². The molecule has 1 saturated heterocycles. The third-order valence-corrected chi connectivity index (χ3v) is 5.98. The van der Waals surface area contributed by atoms with Gasteiger partial charge in [0.15, 0.2) is 0 Å². The van der Waals surface area contributed by atoms with Crippen molar-refractivity contribution in [3.8, 4) is 11.3 Å². The quantitative estimate of drug-likeness (QED) is 0.610. The lowest BCUT2D eigenvalue weighted by Gasteiger charge is -2.26. The third-order valence-electron chi connectivity index (χ3n) is 5.98. The Hall–Kier alpha value is -2.67. The zero-order chi connectivity index (χ0) is 20.8. The number of unbranched alkanes of at least 4 members (excludes halogenated alkanes) is 1. The summed E-state index contributed by atoms with van der Waals surface area (Å²) in [4.78, 5) is 27.0. The lowest BCUT2D eigenvalue weighted by Crippen LogP contribution is -2.30. The van der Waals surface area contributed by atoms with Gasteiger partial charge >= 0.3 is 0 Å². The predicted octanol–water partition coefficient (Wildman–Crippen LogP) is 3.39. The summed E-state index contributed by atoms with van der Waals surface area (Å²) in [7, 11) is 0. The summed E-state index contributed by atoms with van der Waals surface area (Å²) >= 11 is 0. The van der Waals surface area contributed by atoms with E-state index in [1.165, 1.54) is 32.4 Å². The van der Waals surface area contributed by atoms with E-state index in [0.717, 1.165) is 67.0 Å². The molecule has 30 heavy (non-hydrogen) atoms. The Balaban J connectivity index is 1.35. The van der Waals surface area contributed by atoms with Gasteiger partial charge in [-0.15, -0.1) is 0 Å². The minimum atomic E-state index is -0.130. The molecule has 2 aliphatic heterocycles. The van der Waals surface area contributed by atoms with Crippen molar-refractivity contribution in [3.63, 3.8) is 0 Å². The molecule has 1 aromatic heterocycles. The van der Waals surface area contributed by atoms with E-state index in [0.29, 0.717) is 6.42 Å². The molecular weight excluding hydrogens is 378 g/mol. The molecule has 1 amide bonds. The van der Waals surface area contributed by atoms with Crippen LogP contribution in [0.3, 0.4) is 0 Å². The van der Waals surface area contributed by atoms with E-state index in [1.54, 1.807) is 0 Å². The second-order valence-corrected chi connectivity index (χ2v) is 8.27. The van der Waals surface area contributed by atoms with Crippen LogP contribution in [0.1, 0.15) is 50.5 Å². The molecule has 2 aliphatic rings. The number of carbonyl (C=O) groups is 1. The maximum absolute atomic E-state index is 12.4. The van der Waals surface area contributed by atoms with E-state index in [4.69, 9.17) is 0 Å². The molecule has 0 spiro atoms. The normalized spacial score (nSPS) is 16.5. The lowest BCUT2D eigenvalue weighted by molar-refractivity contribution is -0.116.